The lowest BCUT2D eigenvalue weighted by molar-refractivity contribution is -0.135. The number of urea groups is 1. The van der Waals surface area contributed by atoms with E-state index in [1.54, 1.807) is 6.92 Å². The van der Waals surface area contributed by atoms with Gasteiger partial charge in [0.15, 0.2) is 0 Å². The summed E-state index contributed by atoms with van der Waals surface area (Å²) in [4.78, 5) is 37.4. The van der Waals surface area contributed by atoms with Crippen LogP contribution in [0.5, 0.6) is 0 Å². The molecule has 120 valence electrons. The molecule has 22 heavy (non-hydrogen) atoms. The molecule has 0 spiro atoms. The van der Waals surface area contributed by atoms with E-state index in [1.165, 1.54) is 5.57 Å². The number of nitrogens with zero attached hydrogens (tertiary/aromatic N) is 1. The minimum absolute atomic E-state index is 0.205. The van der Waals surface area contributed by atoms with Crippen molar-refractivity contribution in [1.82, 2.24) is 20.9 Å². The van der Waals surface area contributed by atoms with Crippen molar-refractivity contribution in [1.29, 1.82) is 0 Å². The van der Waals surface area contributed by atoms with E-state index in [9.17, 15) is 14.4 Å². The van der Waals surface area contributed by atoms with E-state index in [4.69, 9.17) is 0 Å². The molecular weight excluding hydrogens is 284 g/mol. The zero-order chi connectivity index (χ0) is 15.7. The molecule has 1 aliphatic carbocycles. The first-order chi connectivity index (χ1) is 10.5. The van der Waals surface area contributed by atoms with Gasteiger partial charge in [0.1, 0.15) is 12.1 Å². The third kappa shape index (κ3) is 2.85. The van der Waals surface area contributed by atoms with Crippen molar-refractivity contribution in [3.05, 3.63) is 11.6 Å². The smallest absolute Gasteiger partial charge is 0.325 e. The Hall–Kier alpha value is -1.89. The van der Waals surface area contributed by atoms with Crippen LogP contribution in [-0.4, -0.2) is 54.5 Å². The van der Waals surface area contributed by atoms with Gasteiger partial charge in [0.05, 0.1) is 0 Å². The van der Waals surface area contributed by atoms with Crippen LogP contribution >= 0.6 is 0 Å². The molecule has 1 atom stereocenters. The Morgan fingerprint density at radius 2 is 2.23 bits per heavy atom. The average Bonchev–Trinajstić information content (AvgIpc) is 3.33. The van der Waals surface area contributed by atoms with E-state index in [-0.39, 0.29) is 24.3 Å². The highest BCUT2D eigenvalue weighted by molar-refractivity contribution is 6.09. The quantitative estimate of drug-likeness (QED) is 0.482. The van der Waals surface area contributed by atoms with Crippen molar-refractivity contribution >= 4 is 17.8 Å². The number of hydrogen-bond donors (Lipinski definition) is 3. The zero-order valence-corrected chi connectivity index (χ0v) is 12.8. The number of hydrogen-bond acceptors (Lipinski definition) is 4. The highest BCUT2D eigenvalue weighted by Crippen LogP contribution is 2.42. The SMILES string of the molecule is CC1(C2CC2)NC(=O)N(CC(=O)NCC2=CCNCC2)C1=O. The fourth-order valence-electron chi connectivity index (χ4n) is 3.04. The van der Waals surface area contributed by atoms with Crippen LogP contribution < -0.4 is 16.0 Å². The van der Waals surface area contributed by atoms with Crippen molar-refractivity contribution in [3.8, 4) is 0 Å². The molecule has 3 N–H and O–H groups in total. The summed E-state index contributed by atoms with van der Waals surface area (Å²) in [5.74, 6) is -0.379. The Bertz CT molecular complexity index is 541. The Labute approximate surface area is 129 Å². The number of rotatable bonds is 5. The highest BCUT2D eigenvalue weighted by atomic mass is 16.2. The van der Waals surface area contributed by atoms with E-state index >= 15 is 0 Å². The van der Waals surface area contributed by atoms with Gasteiger partial charge in [0.25, 0.3) is 5.91 Å². The van der Waals surface area contributed by atoms with E-state index in [1.807, 2.05) is 0 Å². The van der Waals surface area contributed by atoms with Crippen molar-refractivity contribution in [2.45, 2.75) is 31.7 Å². The third-order valence-corrected chi connectivity index (χ3v) is 4.67. The second-order valence-electron chi connectivity index (χ2n) is 6.39. The summed E-state index contributed by atoms with van der Waals surface area (Å²) in [5.41, 5.74) is 0.349. The first-order valence-electron chi connectivity index (χ1n) is 7.80. The number of imide groups is 1. The standard InChI is InChI=1S/C15H22N4O3/c1-15(11-2-3-11)13(21)19(14(22)18-15)9-12(20)17-8-10-4-6-16-7-5-10/h4,11,16H,2-3,5-9H2,1H3,(H,17,20)(H,18,22). The monoisotopic (exact) mass is 306 g/mol. The average molecular weight is 306 g/mol. The van der Waals surface area contributed by atoms with Crippen molar-refractivity contribution in [2.75, 3.05) is 26.2 Å². The molecule has 1 saturated heterocycles. The van der Waals surface area contributed by atoms with E-state index in [0.29, 0.717) is 6.54 Å². The molecule has 0 aromatic heterocycles. The van der Waals surface area contributed by atoms with Gasteiger partial charge < -0.3 is 16.0 Å². The molecule has 1 unspecified atom stereocenters. The number of carbonyl (C=O) groups excluding carboxylic acids is 3. The minimum Gasteiger partial charge on any atom is -0.351 e. The third-order valence-electron chi connectivity index (χ3n) is 4.67. The van der Waals surface area contributed by atoms with Gasteiger partial charge in [-0.15, -0.1) is 0 Å². The number of carbonyl (C=O) groups is 3. The minimum atomic E-state index is -0.824. The van der Waals surface area contributed by atoms with Crippen molar-refractivity contribution in [2.24, 2.45) is 5.92 Å². The van der Waals surface area contributed by atoms with Gasteiger partial charge in [0, 0.05) is 13.1 Å². The first-order valence-corrected chi connectivity index (χ1v) is 7.80. The molecule has 7 heteroatoms. The fraction of sp³-hybridized carbons (Fsp3) is 0.667. The van der Waals surface area contributed by atoms with Crippen LogP contribution in [0.25, 0.3) is 0 Å². The summed E-state index contributed by atoms with van der Waals surface area (Å²) < 4.78 is 0. The second-order valence-corrected chi connectivity index (χ2v) is 6.39. The van der Waals surface area contributed by atoms with Crippen LogP contribution in [0.2, 0.25) is 0 Å². The number of amides is 4. The van der Waals surface area contributed by atoms with E-state index in [0.717, 1.165) is 37.3 Å². The summed E-state index contributed by atoms with van der Waals surface area (Å²) in [7, 11) is 0. The van der Waals surface area contributed by atoms with Crippen LogP contribution in [0.3, 0.4) is 0 Å². The van der Waals surface area contributed by atoms with Crippen molar-refractivity contribution < 1.29 is 14.4 Å². The summed E-state index contributed by atoms with van der Waals surface area (Å²) in [6, 6.07) is -0.462. The van der Waals surface area contributed by atoms with Crippen LogP contribution in [0.4, 0.5) is 4.79 Å². The van der Waals surface area contributed by atoms with Gasteiger partial charge >= 0.3 is 6.03 Å². The second kappa shape index (κ2) is 5.72. The van der Waals surface area contributed by atoms with Gasteiger partial charge in [-0.1, -0.05) is 11.6 Å². The lowest BCUT2D eigenvalue weighted by Gasteiger charge is -2.21. The van der Waals surface area contributed by atoms with E-state index in [2.05, 4.69) is 22.0 Å². The van der Waals surface area contributed by atoms with Gasteiger partial charge in [-0.05, 0) is 38.6 Å². The molecule has 0 aromatic carbocycles. The Morgan fingerprint density at radius 1 is 1.45 bits per heavy atom. The molecule has 3 aliphatic rings. The predicted octanol–water partition coefficient (Wildman–Crippen LogP) is -0.257. The number of nitrogens with one attached hydrogen (secondary N) is 3. The first kappa shape index (κ1) is 15.0. The molecule has 1 saturated carbocycles. The Kier molecular flexibility index (Phi) is 3.90. The van der Waals surface area contributed by atoms with Gasteiger partial charge in [-0.25, -0.2) is 4.79 Å². The molecule has 0 aromatic rings. The maximum absolute atomic E-state index is 12.4. The molecule has 2 heterocycles. The molecular formula is C15H22N4O3. The molecule has 7 nitrogen and oxygen atoms in total. The molecule has 3 rings (SSSR count). The largest absolute Gasteiger partial charge is 0.351 e. The molecule has 4 amide bonds. The maximum atomic E-state index is 12.4. The van der Waals surface area contributed by atoms with Crippen molar-refractivity contribution in [3.63, 3.8) is 0 Å². The maximum Gasteiger partial charge on any atom is 0.325 e. The zero-order valence-electron chi connectivity index (χ0n) is 12.8. The van der Waals surface area contributed by atoms with Gasteiger partial charge in [-0.2, -0.15) is 0 Å². The summed E-state index contributed by atoms with van der Waals surface area (Å²) in [6.07, 6.45) is 4.86. The van der Waals surface area contributed by atoms with Gasteiger partial charge in [-0.3, -0.25) is 14.5 Å². The topological polar surface area (TPSA) is 90.5 Å². The molecule has 2 aliphatic heterocycles. The Balaban J connectivity index is 1.53. The molecule has 0 radical (unpaired) electrons. The molecule has 2 fully saturated rings. The lowest BCUT2D eigenvalue weighted by atomic mass is 9.96. The normalized spacial score (nSPS) is 28.4. The molecule has 0 bridgehead atoms. The van der Waals surface area contributed by atoms with Crippen LogP contribution in [0.15, 0.2) is 11.6 Å². The summed E-state index contributed by atoms with van der Waals surface area (Å²) in [5, 5.41) is 8.73. The van der Waals surface area contributed by atoms with E-state index < -0.39 is 11.6 Å². The summed E-state index contributed by atoms with van der Waals surface area (Å²) in [6.45, 7) is 3.75. The van der Waals surface area contributed by atoms with Crippen LogP contribution in [0.1, 0.15) is 26.2 Å². The summed E-state index contributed by atoms with van der Waals surface area (Å²) >= 11 is 0. The highest BCUT2D eigenvalue weighted by Gasteiger charge is 2.56. The van der Waals surface area contributed by atoms with Crippen LogP contribution in [0, 0.1) is 5.92 Å². The Morgan fingerprint density at radius 3 is 2.86 bits per heavy atom. The van der Waals surface area contributed by atoms with Crippen LogP contribution in [-0.2, 0) is 9.59 Å². The van der Waals surface area contributed by atoms with Gasteiger partial charge in [0.2, 0.25) is 5.91 Å². The fourth-order valence-corrected chi connectivity index (χ4v) is 3.04. The predicted molar refractivity (Wildman–Crippen MR) is 80.0 cm³/mol. The lowest BCUT2D eigenvalue weighted by Crippen LogP contribution is -2.47.